The number of para-hydroxylation sites is 1. The Kier molecular flexibility index (Phi) is 5.34. The first-order valence-corrected chi connectivity index (χ1v) is 9.67. The van der Waals surface area contributed by atoms with Gasteiger partial charge in [0.1, 0.15) is 11.6 Å². The molecular formula is C23H23N5O2. The Morgan fingerprint density at radius 1 is 1.20 bits per heavy atom. The van der Waals surface area contributed by atoms with Crippen LogP contribution in [-0.4, -0.2) is 35.3 Å². The average Bonchev–Trinajstić information content (AvgIpc) is 2.79. The number of amides is 2. The molecule has 2 amide bonds. The highest BCUT2D eigenvalue weighted by molar-refractivity contribution is 6.14. The number of pyridine rings is 1. The van der Waals surface area contributed by atoms with Gasteiger partial charge in [0.25, 0.3) is 0 Å². The molecule has 2 heterocycles. The minimum absolute atomic E-state index is 0.159. The maximum Gasteiger partial charge on any atom is 0.322 e. The van der Waals surface area contributed by atoms with E-state index in [0.29, 0.717) is 47.9 Å². The van der Waals surface area contributed by atoms with Crippen LogP contribution in [0.15, 0.2) is 60.8 Å². The Bertz CT molecular complexity index is 1100. The molecule has 0 bridgehead atoms. The first-order chi connectivity index (χ1) is 14.6. The van der Waals surface area contributed by atoms with Gasteiger partial charge in [-0.25, -0.2) is 9.78 Å². The summed E-state index contributed by atoms with van der Waals surface area (Å²) < 4.78 is 5.28. The van der Waals surface area contributed by atoms with E-state index in [1.54, 1.807) is 18.2 Å². The molecule has 4 N–H and O–H groups in total. The standard InChI is InChI=1S/C23H23N5O2/c1-30-18-9-5-6-15(12-18)21(24)20-19-10-11-28(14-16(19)13-26-22(20)25)23(29)27-17-7-3-2-4-8-17/h2-9,12-13,24H,10-11,14H2,1H3,(H2,25,26)(H,27,29). The number of aromatic nitrogens is 1. The number of hydrogen-bond acceptors (Lipinski definition) is 5. The zero-order chi connectivity index (χ0) is 21.1. The largest absolute Gasteiger partial charge is 0.497 e. The van der Waals surface area contributed by atoms with Crippen molar-refractivity contribution in [3.05, 3.63) is 83.0 Å². The number of hydrogen-bond donors (Lipinski definition) is 3. The third-order valence-electron chi connectivity index (χ3n) is 5.22. The second-order valence-corrected chi connectivity index (χ2v) is 7.10. The maximum absolute atomic E-state index is 12.7. The SMILES string of the molecule is COc1cccc(C(=N)c2c(N)ncc3c2CCN(C(=O)Nc2ccccc2)C3)c1. The fraction of sp³-hybridized carbons (Fsp3) is 0.174. The molecule has 4 rings (SSSR count). The molecule has 1 aliphatic rings. The predicted octanol–water partition coefficient (Wildman–Crippen LogP) is 3.68. The number of urea groups is 1. The molecule has 0 saturated carbocycles. The zero-order valence-corrected chi connectivity index (χ0v) is 16.7. The van der Waals surface area contributed by atoms with Gasteiger partial charge in [0.2, 0.25) is 0 Å². The highest BCUT2D eigenvalue weighted by Crippen LogP contribution is 2.28. The first kappa shape index (κ1) is 19.4. The van der Waals surface area contributed by atoms with Gasteiger partial charge in [-0.15, -0.1) is 0 Å². The van der Waals surface area contributed by atoms with E-state index >= 15 is 0 Å². The molecule has 0 aliphatic carbocycles. The molecule has 0 fully saturated rings. The molecule has 1 aliphatic heterocycles. The minimum atomic E-state index is -0.159. The van der Waals surface area contributed by atoms with Crippen molar-refractivity contribution in [1.29, 1.82) is 5.41 Å². The van der Waals surface area contributed by atoms with Crippen molar-refractivity contribution in [3.63, 3.8) is 0 Å². The van der Waals surface area contributed by atoms with Gasteiger partial charge in [-0.1, -0.05) is 30.3 Å². The Morgan fingerprint density at radius 2 is 2.00 bits per heavy atom. The van der Waals surface area contributed by atoms with Crippen LogP contribution in [0.1, 0.15) is 22.3 Å². The summed E-state index contributed by atoms with van der Waals surface area (Å²) in [6.07, 6.45) is 2.31. The lowest BCUT2D eigenvalue weighted by Gasteiger charge is -2.30. The van der Waals surface area contributed by atoms with Crippen molar-refractivity contribution < 1.29 is 9.53 Å². The van der Waals surface area contributed by atoms with E-state index in [1.165, 1.54) is 0 Å². The van der Waals surface area contributed by atoms with Crippen molar-refractivity contribution in [2.75, 3.05) is 24.7 Å². The molecule has 0 spiro atoms. The number of anilines is 2. The highest BCUT2D eigenvalue weighted by atomic mass is 16.5. The molecule has 152 valence electrons. The van der Waals surface area contributed by atoms with Crippen molar-refractivity contribution in [3.8, 4) is 5.75 Å². The number of fused-ring (bicyclic) bond motifs is 1. The van der Waals surface area contributed by atoms with Crippen molar-refractivity contribution in [1.82, 2.24) is 9.88 Å². The van der Waals surface area contributed by atoms with Crippen LogP contribution in [0.25, 0.3) is 0 Å². The number of nitrogens with one attached hydrogen (secondary N) is 2. The van der Waals surface area contributed by atoms with Gasteiger partial charge in [-0.2, -0.15) is 0 Å². The van der Waals surface area contributed by atoms with Gasteiger partial charge >= 0.3 is 6.03 Å². The van der Waals surface area contributed by atoms with E-state index in [9.17, 15) is 4.79 Å². The second-order valence-electron chi connectivity index (χ2n) is 7.10. The summed E-state index contributed by atoms with van der Waals surface area (Å²) in [5.41, 5.74) is 10.4. The molecule has 7 nitrogen and oxygen atoms in total. The predicted molar refractivity (Wildman–Crippen MR) is 117 cm³/mol. The van der Waals surface area contributed by atoms with Crippen LogP contribution >= 0.6 is 0 Å². The van der Waals surface area contributed by atoms with Crippen molar-refractivity contribution >= 4 is 23.2 Å². The molecule has 0 unspecified atom stereocenters. The summed E-state index contributed by atoms with van der Waals surface area (Å²) in [6, 6.07) is 16.6. The molecule has 7 heteroatoms. The number of carbonyl (C=O) groups excluding carboxylic acids is 1. The van der Waals surface area contributed by atoms with Gasteiger partial charge in [-0.05, 0) is 41.8 Å². The van der Waals surface area contributed by atoms with E-state index in [4.69, 9.17) is 15.9 Å². The molecule has 0 radical (unpaired) electrons. The molecule has 1 aromatic heterocycles. The topological polar surface area (TPSA) is 104 Å². The fourth-order valence-corrected chi connectivity index (χ4v) is 3.66. The molecular weight excluding hydrogens is 378 g/mol. The number of rotatable bonds is 4. The van der Waals surface area contributed by atoms with Gasteiger partial charge in [0.05, 0.1) is 12.8 Å². The number of nitrogens with two attached hydrogens (primary N) is 1. The number of benzene rings is 2. The Balaban J connectivity index is 1.59. The Hall–Kier alpha value is -3.87. The van der Waals surface area contributed by atoms with Gasteiger partial charge < -0.3 is 20.7 Å². The summed E-state index contributed by atoms with van der Waals surface area (Å²) in [7, 11) is 1.60. The summed E-state index contributed by atoms with van der Waals surface area (Å²) >= 11 is 0. The maximum atomic E-state index is 12.7. The van der Waals surface area contributed by atoms with Crippen LogP contribution in [0.4, 0.5) is 16.3 Å². The number of methoxy groups -OCH3 is 1. The third kappa shape index (κ3) is 3.82. The summed E-state index contributed by atoms with van der Waals surface area (Å²) in [5, 5.41) is 11.7. The van der Waals surface area contributed by atoms with Gasteiger partial charge in [0.15, 0.2) is 0 Å². The third-order valence-corrected chi connectivity index (χ3v) is 5.22. The monoisotopic (exact) mass is 401 g/mol. The first-order valence-electron chi connectivity index (χ1n) is 9.67. The second kappa shape index (κ2) is 8.24. The lowest BCUT2D eigenvalue weighted by atomic mass is 9.91. The van der Waals surface area contributed by atoms with Crippen molar-refractivity contribution in [2.24, 2.45) is 0 Å². The summed E-state index contributed by atoms with van der Waals surface area (Å²) in [4.78, 5) is 18.7. The van der Waals surface area contributed by atoms with Gasteiger partial charge in [-0.3, -0.25) is 5.41 Å². The van der Waals surface area contributed by atoms with Crippen LogP contribution < -0.4 is 15.8 Å². The van der Waals surface area contributed by atoms with Crippen LogP contribution in [0.3, 0.4) is 0 Å². The quantitative estimate of drug-likeness (QED) is 0.580. The lowest BCUT2D eigenvalue weighted by molar-refractivity contribution is 0.206. The van der Waals surface area contributed by atoms with E-state index < -0.39 is 0 Å². The molecule has 0 saturated heterocycles. The van der Waals surface area contributed by atoms with Crippen LogP contribution in [0.5, 0.6) is 5.75 Å². The Morgan fingerprint density at radius 3 is 2.77 bits per heavy atom. The lowest BCUT2D eigenvalue weighted by Crippen LogP contribution is -2.39. The van der Waals surface area contributed by atoms with Crippen molar-refractivity contribution in [2.45, 2.75) is 13.0 Å². The number of ether oxygens (including phenoxy) is 1. The molecule has 30 heavy (non-hydrogen) atoms. The fourth-order valence-electron chi connectivity index (χ4n) is 3.66. The molecule has 0 atom stereocenters. The van der Waals surface area contributed by atoms with Gasteiger partial charge in [0, 0.05) is 36.1 Å². The van der Waals surface area contributed by atoms with E-state index in [1.807, 2.05) is 54.6 Å². The molecule has 2 aromatic carbocycles. The summed E-state index contributed by atoms with van der Waals surface area (Å²) in [6.45, 7) is 0.952. The number of nitrogens with zero attached hydrogens (tertiary/aromatic N) is 2. The Labute approximate surface area is 175 Å². The number of nitrogen functional groups attached to an aromatic ring is 1. The van der Waals surface area contributed by atoms with E-state index in [-0.39, 0.29) is 6.03 Å². The number of carbonyl (C=O) groups is 1. The van der Waals surface area contributed by atoms with Crippen LogP contribution in [-0.2, 0) is 13.0 Å². The normalized spacial score (nSPS) is 12.8. The van der Waals surface area contributed by atoms with E-state index in [0.717, 1.165) is 16.8 Å². The zero-order valence-electron chi connectivity index (χ0n) is 16.7. The van der Waals surface area contributed by atoms with Crippen LogP contribution in [0, 0.1) is 5.41 Å². The highest BCUT2D eigenvalue weighted by Gasteiger charge is 2.26. The average molecular weight is 401 g/mol. The summed E-state index contributed by atoms with van der Waals surface area (Å²) in [5.74, 6) is 1.00. The minimum Gasteiger partial charge on any atom is -0.497 e. The smallest absolute Gasteiger partial charge is 0.322 e. The molecule has 3 aromatic rings. The van der Waals surface area contributed by atoms with Crippen LogP contribution in [0.2, 0.25) is 0 Å². The van der Waals surface area contributed by atoms with E-state index in [2.05, 4.69) is 10.3 Å².